The van der Waals surface area contributed by atoms with E-state index in [2.05, 4.69) is 13.8 Å². The van der Waals surface area contributed by atoms with E-state index in [1.165, 1.54) is 17.0 Å². The second-order valence-corrected chi connectivity index (χ2v) is 10.3. The number of anilines is 1. The van der Waals surface area contributed by atoms with Crippen molar-refractivity contribution in [2.75, 3.05) is 31.7 Å². The lowest BCUT2D eigenvalue weighted by molar-refractivity contribution is -0.140. The van der Waals surface area contributed by atoms with Crippen LogP contribution in [-0.2, 0) is 16.1 Å². The number of carbonyl (C=O) groups excluding carboxylic acids is 2. The normalized spacial score (nSPS) is 18.3. The van der Waals surface area contributed by atoms with Crippen LogP contribution in [-0.4, -0.2) is 53.6 Å². The number of nitrogens with zero attached hydrogens (tertiary/aromatic N) is 2. The molecule has 0 radical (unpaired) electrons. The first-order valence-electron chi connectivity index (χ1n) is 13.0. The Morgan fingerprint density at radius 1 is 1.05 bits per heavy atom. The second kappa shape index (κ2) is 10.7. The number of benzene rings is 3. The van der Waals surface area contributed by atoms with Crippen LogP contribution in [0.15, 0.2) is 72.3 Å². The number of rotatable bonds is 7. The fourth-order valence-corrected chi connectivity index (χ4v) is 4.85. The Morgan fingerprint density at radius 2 is 1.77 bits per heavy atom. The van der Waals surface area contributed by atoms with Crippen molar-refractivity contribution in [3.05, 3.63) is 89.0 Å². The Kier molecular flexibility index (Phi) is 7.19. The highest BCUT2D eigenvalue weighted by atomic mass is 16.5. The lowest BCUT2D eigenvalue weighted by Crippen LogP contribution is -2.29. The van der Waals surface area contributed by atoms with Crippen molar-refractivity contribution in [1.82, 2.24) is 4.90 Å². The van der Waals surface area contributed by atoms with E-state index in [-0.39, 0.29) is 23.6 Å². The average Bonchev–Trinajstić information content (AvgIpc) is 3.17. The molecule has 2 aliphatic heterocycles. The molecule has 1 fully saturated rings. The zero-order chi connectivity index (χ0) is 27.7. The molecule has 1 unspecified atom stereocenters. The molecule has 2 N–H and O–H groups in total. The van der Waals surface area contributed by atoms with Crippen molar-refractivity contribution in [3.8, 4) is 17.2 Å². The van der Waals surface area contributed by atoms with Crippen LogP contribution >= 0.6 is 0 Å². The molecule has 2 aliphatic rings. The highest BCUT2D eigenvalue weighted by molar-refractivity contribution is 6.46. The number of amides is 1. The Balaban J connectivity index is 1.53. The number of likely N-dealkylation sites (N-methyl/N-ethyl adjacent to an activating group) is 1. The molecule has 202 valence electrons. The molecule has 1 atom stereocenters. The predicted octanol–water partition coefficient (Wildman–Crippen LogP) is 4.88. The first-order valence-corrected chi connectivity index (χ1v) is 13.0. The topological polar surface area (TPSA) is 99.5 Å². The van der Waals surface area contributed by atoms with Gasteiger partial charge in [-0.05, 0) is 59.5 Å². The fraction of sp³-hybridized carbons (Fsp3) is 0.290. The molecule has 0 bridgehead atoms. The number of aliphatic hydroxyl groups excluding tert-OH is 1. The van der Waals surface area contributed by atoms with Gasteiger partial charge in [-0.25, -0.2) is 0 Å². The molecule has 0 aromatic heterocycles. The number of aromatic hydroxyl groups is 1. The molecule has 1 saturated heterocycles. The van der Waals surface area contributed by atoms with Crippen LogP contribution in [0.5, 0.6) is 17.2 Å². The minimum Gasteiger partial charge on any atom is -0.508 e. The molecule has 1 amide bonds. The molecule has 8 nitrogen and oxygen atoms in total. The minimum absolute atomic E-state index is 0.00177. The van der Waals surface area contributed by atoms with Crippen LogP contribution < -0.4 is 14.4 Å². The third kappa shape index (κ3) is 5.27. The van der Waals surface area contributed by atoms with Crippen LogP contribution in [0, 0.1) is 5.92 Å². The molecule has 5 rings (SSSR count). The van der Waals surface area contributed by atoms with Gasteiger partial charge in [0.1, 0.15) is 29.6 Å². The standard InChI is InChI=1S/C31H32N2O6/c1-19(2)18-39-24-11-4-20(5-12-24)17-33-28(21-6-9-23(34)10-7-21)27(30(36)31(33)37)29(35)22-8-13-26-25(16-22)32(3)14-15-38-26/h4-13,16,19,28,34-35H,14-15,17-18H2,1-3H3/b29-27-. The van der Waals surface area contributed by atoms with Crippen molar-refractivity contribution in [1.29, 1.82) is 0 Å². The Morgan fingerprint density at radius 3 is 2.46 bits per heavy atom. The summed E-state index contributed by atoms with van der Waals surface area (Å²) >= 11 is 0. The van der Waals surface area contributed by atoms with Crippen molar-refractivity contribution < 1.29 is 29.3 Å². The average molecular weight is 529 g/mol. The van der Waals surface area contributed by atoms with E-state index in [0.29, 0.717) is 42.6 Å². The van der Waals surface area contributed by atoms with Gasteiger partial charge >= 0.3 is 0 Å². The van der Waals surface area contributed by atoms with Crippen LogP contribution in [0.4, 0.5) is 5.69 Å². The number of carbonyl (C=O) groups is 2. The van der Waals surface area contributed by atoms with E-state index >= 15 is 0 Å². The van der Waals surface area contributed by atoms with Crippen LogP contribution in [0.25, 0.3) is 5.76 Å². The lowest BCUT2D eigenvalue weighted by Gasteiger charge is -2.28. The molecular weight excluding hydrogens is 496 g/mol. The third-order valence-electron chi connectivity index (χ3n) is 6.94. The van der Waals surface area contributed by atoms with Gasteiger partial charge in [0, 0.05) is 19.2 Å². The van der Waals surface area contributed by atoms with Gasteiger partial charge in [-0.2, -0.15) is 0 Å². The molecule has 2 heterocycles. The van der Waals surface area contributed by atoms with E-state index in [9.17, 15) is 19.8 Å². The number of phenolic OH excluding ortho intramolecular Hbond substituents is 1. The summed E-state index contributed by atoms with van der Waals surface area (Å²) in [5.74, 6) is 0.156. The number of ether oxygens (including phenoxy) is 2. The highest BCUT2D eigenvalue weighted by Gasteiger charge is 2.46. The van der Waals surface area contributed by atoms with Gasteiger partial charge in [0.25, 0.3) is 11.7 Å². The largest absolute Gasteiger partial charge is 0.508 e. The molecular formula is C31H32N2O6. The summed E-state index contributed by atoms with van der Waals surface area (Å²) in [6, 6.07) is 18.1. The number of Topliss-reactive ketones (excluding diaryl/α,β-unsaturated/α-hetero) is 1. The summed E-state index contributed by atoms with van der Waals surface area (Å²) in [5.41, 5.74) is 2.62. The number of likely N-dealkylation sites (tertiary alicyclic amines) is 1. The second-order valence-electron chi connectivity index (χ2n) is 10.3. The van der Waals surface area contributed by atoms with Gasteiger partial charge in [-0.3, -0.25) is 9.59 Å². The molecule has 3 aromatic rings. The number of hydrogen-bond donors (Lipinski definition) is 2. The maximum atomic E-state index is 13.4. The Bertz CT molecular complexity index is 1410. The summed E-state index contributed by atoms with van der Waals surface area (Å²) < 4.78 is 11.5. The zero-order valence-corrected chi connectivity index (χ0v) is 22.3. The maximum Gasteiger partial charge on any atom is 0.295 e. The molecule has 0 aliphatic carbocycles. The first-order chi connectivity index (χ1) is 18.7. The number of aliphatic hydroxyl groups is 1. The Hall–Kier alpha value is -4.46. The zero-order valence-electron chi connectivity index (χ0n) is 22.3. The number of fused-ring (bicyclic) bond motifs is 1. The molecule has 3 aromatic carbocycles. The van der Waals surface area contributed by atoms with E-state index in [1.54, 1.807) is 30.3 Å². The van der Waals surface area contributed by atoms with Crippen molar-refractivity contribution in [2.24, 2.45) is 5.92 Å². The summed E-state index contributed by atoms with van der Waals surface area (Å²) in [5, 5.41) is 21.3. The molecule has 0 spiro atoms. The van der Waals surface area contributed by atoms with E-state index < -0.39 is 17.7 Å². The number of hydrogen-bond acceptors (Lipinski definition) is 7. The van der Waals surface area contributed by atoms with E-state index in [0.717, 1.165) is 17.0 Å². The predicted molar refractivity (Wildman–Crippen MR) is 148 cm³/mol. The first kappa shape index (κ1) is 26.2. The molecule has 8 heteroatoms. The van der Waals surface area contributed by atoms with Crippen LogP contribution in [0.1, 0.15) is 36.6 Å². The van der Waals surface area contributed by atoms with Gasteiger partial charge in [0.15, 0.2) is 0 Å². The van der Waals surface area contributed by atoms with Crippen molar-refractivity contribution >= 4 is 23.1 Å². The molecule has 0 saturated carbocycles. The summed E-state index contributed by atoms with van der Waals surface area (Å²) in [4.78, 5) is 30.2. The van der Waals surface area contributed by atoms with Gasteiger partial charge in [-0.1, -0.05) is 38.1 Å². The SMILES string of the molecule is CC(C)COc1ccc(CN2C(=O)C(=O)/C(=C(\O)c3ccc4c(c3)N(C)CCO4)C2c2ccc(O)cc2)cc1. The summed E-state index contributed by atoms with van der Waals surface area (Å²) in [6.45, 7) is 6.15. The Labute approximate surface area is 227 Å². The molecule has 39 heavy (non-hydrogen) atoms. The fourth-order valence-electron chi connectivity index (χ4n) is 4.85. The van der Waals surface area contributed by atoms with Gasteiger partial charge in [0.2, 0.25) is 0 Å². The minimum atomic E-state index is -0.840. The highest BCUT2D eigenvalue weighted by Crippen LogP contribution is 2.42. The van der Waals surface area contributed by atoms with Crippen LogP contribution in [0.3, 0.4) is 0 Å². The van der Waals surface area contributed by atoms with E-state index in [4.69, 9.17) is 9.47 Å². The quantitative estimate of drug-likeness (QED) is 0.256. The van der Waals surface area contributed by atoms with Crippen molar-refractivity contribution in [3.63, 3.8) is 0 Å². The third-order valence-corrected chi connectivity index (χ3v) is 6.94. The monoisotopic (exact) mass is 528 g/mol. The number of phenols is 1. The lowest BCUT2D eigenvalue weighted by atomic mass is 9.94. The summed E-state index contributed by atoms with van der Waals surface area (Å²) in [6.07, 6.45) is 0. The van der Waals surface area contributed by atoms with Gasteiger partial charge in [-0.15, -0.1) is 0 Å². The van der Waals surface area contributed by atoms with Gasteiger partial charge < -0.3 is 29.5 Å². The summed E-state index contributed by atoms with van der Waals surface area (Å²) in [7, 11) is 1.93. The maximum absolute atomic E-state index is 13.4. The van der Waals surface area contributed by atoms with Gasteiger partial charge in [0.05, 0.1) is 30.5 Å². The number of ketones is 1. The van der Waals surface area contributed by atoms with E-state index in [1.807, 2.05) is 36.2 Å². The van der Waals surface area contributed by atoms with Crippen molar-refractivity contribution in [2.45, 2.75) is 26.4 Å². The smallest absolute Gasteiger partial charge is 0.295 e. The van der Waals surface area contributed by atoms with Crippen LogP contribution in [0.2, 0.25) is 0 Å².